The molecule has 0 fully saturated rings. The molecule has 0 radical (unpaired) electrons. The van der Waals surface area contributed by atoms with Crippen LogP contribution in [0.5, 0.6) is 0 Å². The molecule has 0 aromatic carbocycles. The molecule has 0 saturated heterocycles. The van der Waals surface area contributed by atoms with Crippen LogP contribution in [0.3, 0.4) is 0 Å². The molecule has 0 N–H and O–H groups in total. The van der Waals surface area contributed by atoms with Crippen LogP contribution in [-0.4, -0.2) is 9.52 Å². The third-order valence-corrected chi connectivity index (χ3v) is 1.97. The molecule has 0 saturated carbocycles. The predicted octanol–water partition coefficient (Wildman–Crippen LogP) is 0.425. The molecule has 1 aliphatic heterocycles. The van der Waals surface area contributed by atoms with Crippen molar-refractivity contribution in [1.82, 2.24) is 0 Å². The Kier molecular flexibility index (Phi) is 1.26. The molecular weight excluding hydrogens is 111 g/mol. The van der Waals surface area contributed by atoms with Crippen LogP contribution >= 0.6 is 0 Å². The summed E-state index contributed by atoms with van der Waals surface area (Å²) in [5.41, 5.74) is 3.77. The molecule has 1 rings (SSSR count). The van der Waals surface area contributed by atoms with Crippen LogP contribution in [0.2, 0.25) is 0 Å². The number of rotatable bonds is 1. The number of allylic oxidation sites excluding steroid dienone is 1. The van der Waals surface area contributed by atoms with Crippen molar-refractivity contribution in [3.8, 4) is 0 Å². The van der Waals surface area contributed by atoms with Gasteiger partial charge in [-0.2, -0.15) is 0 Å². The first-order chi connectivity index (χ1) is 3.43. The highest BCUT2D eigenvalue weighted by molar-refractivity contribution is 6.49. The maximum atomic E-state index is 11.1. The molecule has 0 unspecified atom stereocenters. The van der Waals surface area contributed by atoms with Crippen molar-refractivity contribution in [3.05, 3.63) is 23.2 Å². The lowest BCUT2D eigenvalue weighted by Crippen LogP contribution is -1.71. The van der Waals surface area contributed by atoms with Gasteiger partial charge in [-0.15, -0.1) is 0 Å². The fraction of sp³-hybridized carbons (Fsp3) is 0. The summed E-state index contributed by atoms with van der Waals surface area (Å²) < 4.78 is 11.1. The molecule has 38 valence electrons. The Morgan fingerprint density at radius 1 is 1.71 bits per heavy atom. The largest absolute Gasteiger partial charge is 0.295 e. The molecule has 0 aromatic heterocycles. The van der Waals surface area contributed by atoms with Gasteiger partial charge in [0, 0.05) is 4.53 Å². The van der Waals surface area contributed by atoms with E-state index in [4.69, 9.17) is 0 Å². The SMILES string of the molecule is FOC1=C[SiH2]C=C1. The fourth-order valence-electron chi connectivity index (χ4n) is 0.494. The van der Waals surface area contributed by atoms with Crippen LogP contribution in [0, 0.1) is 0 Å². The van der Waals surface area contributed by atoms with Gasteiger partial charge in [0.15, 0.2) is 5.76 Å². The fourth-order valence-corrected chi connectivity index (χ4v) is 1.43. The van der Waals surface area contributed by atoms with E-state index in [9.17, 15) is 4.53 Å². The minimum Gasteiger partial charge on any atom is -0.295 e. The van der Waals surface area contributed by atoms with Crippen LogP contribution < -0.4 is 0 Å². The van der Waals surface area contributed by atoms with Crippen molar-refractivity contribution in [2.45, 2.75) is 0 Å². The van der Waals surface area contributed by atoms with Crippen LogP contribution in [0.15, 0.2) is 23.2 Å². The maximum absolute atomic E-state index is 11.1. The van der Waals surface area contributed by atoms with Crippen molar-refractivity contribution in [2.75, 3.05) is 0 Å². The number of hydrogen-bond acceptors (Lipinski definition) is 1. The Morgan fingerprint density at radius 3 is 2.86 bits per heavy atom. The first-order valence-electron chi connectivity index (χ1n) is 2.09. The normalized spacial score (nSPS) is 20.4. The smallest absolute Gasteiger partial charge is 0.163 e. The van der Waals surface area contributed by atoms with Crippen molar-refractivity contribution in [2.24, 2.45) is 0 Å². The number of hydrogen-bond donors (Lipinski definition) is 0. The maximum Gasteiger partial charge on any atom is 0.163 e. The third-order valence-electron chi connectivity index (χ3n) is 0.826. The summed E-state index contributed by atoms with van der Waals surface area (Å²) in [7, 11) is -0.223. The standard InChI is InChI=1S/C4H5FOSi/c5-6-4-1-2-7-3-4/h1-3H,7H2. The van der Waals surface area contributed by atoms with Gasteiger partial charge >= 0.3 is 0 Å². The van der Waals surface area contributed by atoms with Gasteiger partial charge < -0.3 is 0 Å². The molecule has 1 aliphatic rings. The van der Waals surface area contributed by atoms with Crippen molar-refractivity contribution in [1.29, 1.82) is 0 Å². The van der Waals surface area contributed by atoms with Gasteiger partial charge in [0.2, 0.25) is 0 Å². The minimum atomic E-state index is -0.223. The second-order valence-electron chi connectivity index (χ2n) is 1.32. The molecule has 0 atom stereocenters. The van der Waals surface area contributed by atoms with E-state index in [2.05, 4.69) is 4.94 Å². The molecule has 1 nitrogen and oxygen atoms in total. The van der Waals surface area contributed by atoms with E-state index in [1.807, 2.05) is 5.70 Å². The van der Waals surface area contributed by atoms with Crippen LogP contribution in [-0.2, 0) is 4.94 Å². The van der Waals surface area contributed by atoms with Gasteiger partial charge in [0.1, 0.15) is 0 Å². The number of halogens is 1. The van der Waals surface area contributed by atoms with Gasteiger partial charge in [0.25, 0.3) is 0 Å². The Bertz CT molecular complexity index is 119. The van der Waals surface area contributed by atoms with E-state index in [1.54, 1.807) is 11.8 Å². The molecule has 7 heavy (non-hydrogen) atoms. The van der Waals surface area contributed by atoms with E-state index in [0.717, 1.165) is 0 Å². The first-order valence-corrected chi connectivity index (χ1v) is 3.72. The third kappa shape index (κ3) is 0.897. The molecule has 0 aliphatic carbocycles. The molecule has 1 heterocycles. The highest BCUT2D eigenvalue weighted by atomic mass is 28.2. The highest BCUT2D eigenvalue weighted by Gasteiger charge is 1.95. The lowest BCUT2D eigenvalue weighted by molar-refractivity contribution is -0.0759. The molecule has 0 bridgehead atoms. The average molecular weight is 116 g/mol. The molecule has 3 heteroatoms. The first kappa shape index (κ1) is 4.58. The minimum absolute atomic E-state index is 0.223. The van der Waals surface area contributed by atoms with Crippen LogP contribution in [0.4, 0.5) is 4.53 Å². The summed E-state index contributed by atoms with van der Waals surface area (Å²) in [4.78, 5) is 3.42. The van der Waals surface area contributed by atoms with Gasteiger partial charge in [-0.1, -0.05) is 11.4 Å². The topological polar surface area (TPSA) is 9.23 Å². The molecule has 0 spiro atoms. The zero-order chi connectivity index (χ0) is 5.11. The average Bonchev–Trinajstić information content (AvgIpc) is 2.14. The van der Waals surface area contributed by atoms with E-state index in [0.29, 0.717) is 5.76 Å². The van der Waals surface area contributed by atoms with Crippen molar-refractivity contribution < 1.29 is 9.47 Å². The second kappa shape index (κ2) is 1.93. The molecule has 0 aromatic rings. The van der Waals surface area contributed by atoms with Gasteiger partial charge in [-0.25, -0.2) is 0 Å². The monoisotopic (exact) mass is 116 g/mol. The van der Waals surface area contributed by atoms with Crippen molar-refractivity contribution in [3.63, 3.8) is 0 Å². The Morgan fingerprint density at radius 2 is 2.57 bits per heavy atom. The van der Waals surface area contributed by atoms with E-state index in [1.165, 1.54) is 0 Å². The second-order valence-corrected chi connectivity index (χ2v) is 2.67. The molecule has 0 amide bonds. The highest BCUT2D eigenvalue weighted by Crippen LogP contribution is 2.03. The zero-order valence-electron chi connectivity index (χ0n) is 3.73. The molecular formula is C4H5FOSi. The quantitative estimate of drug-likeness (QED) is 0.451. The summed E-state index contributed by atoms with van der Waals surface area (Å²) >= 11 is 0. The van der Waals surface area contributed by atoms with Gasteiger partial charge in [-0.05, 0) is 6.08 Å². The van der Waals surface area contributed by atoms with Gasteiger partial charge in [0.05, 0.1) is 9.52 Å². The summed E-state index contributed by atoms with van der Waals surface area (Å²) in [5.74, 6) is 0.381. The van der Waals surface area contributed by atoms with Crippen LogP contribution in [0.25, 0.3) is 0 Å². The lowest BCUT2D eigenvalue weighted by Gasteiger charge is -1.82. The predicted molar refractivity (Wildman–Crippen MR) is 28.0 cm³/mol. The Labute approximate surface area is 43.2 Å². The summed E-state index contributed by atoms with van der Waals surface area (Å²) in [5, 5.41) is 0. The van der Waals surface area contributed by atoms with E-state index >= 15 is 0 Å². The van der Waals surface area contributed by atoms with Crippen molar-refractivity contribution >= 4 is 9.52 Å². The van der Waals surface area contributed by atoms with Gasteiger partial charge in [-0.3, -0.25) is 4.94 Å². The Balaban J connectivity index is 2.52. The Hall–Kier alpha value is -0.573. The summed E-state index contributed by atoms with van der Waals surface area (Å²) in [6, 6.07) is 0. The van der Waals surface area contributed by atoms with E-state index in [-0.39, 0.29) is 9.52 Å². The zero-order valence-corrected chi connectivity index (χ0v) is 5.14. The lowest BCUT2D eigenvalue weighted by atomic mass is 10.6. The summed E-state index contributed by atoms with van der Waals surface area (Å²) in [6.07, 6.45) is 1.66. The van der Waals surface area contributed by atoms with E-state index < -0.39 is 0 Å². The summed E-state index contributed by atoms with van der Waals surface area (Å²) in [6.45, 7) is 0. The van der Waals surface area contributed by atoms with Crippen LogP contribution in [0.1, 0.15) is 0 Å².